The van der Waals surface area contributed by atoms with Crippen molar-refractivity contribution in [2.24, 2.45) is 5.92 Å². The van der Waals surface area contributed by atoms with E-state index < -0.39 is 10.0 Å². The van der Waals surface area contributed by atoms with E-state index in [0.717, 1.165) is 24.0 Å². The smallest absolute Gasteiger partial charge is 0.224 e. The average molecular weight is 443 g/mol. The lowest BCUT2D eigenvalue weighted by atomic mass is 9.97. The van der Waals surface area contributed by atoms with Crippen molar-refractivity contribution >= 4 is 15.9 Å². The second kappa shape index (κ2) is 10.4. The summed E-state index contributed by atoms with van der Waals surface area (Å²) in [6.07, 6.45) is 2.77. The van der Waals surface area contributed by atoms with Crippen LogP contribution in [0.3, 0.4) is 0 Å². The molecule has 0 saturated carbocycles. The normalized spacial score (nSPS) is 18.5. The number of aryl methyl sites for hydroxylation is 3. The molecule has 1 aliphatic heterocycles. The molecule has 0 aromatic heterocycles. The van der Waals surface area contributed by atoms with Gasteiger partial charge in [0.25, 0.3) is 0 Å². The molecule has 1 saturated heterocycles. The lowest BCUT2D eigenvalue weighted by Gasteiger charge is -2.32. The predicted molar refractivity (Wildman–Crippen MR) is 125 cm³/mol. The van der Waals surface area contributed by atoms with Crippen LogP contribution >= 0.6 is 0 Å². The third-order valence-corrected chi connectivity index (χ3v) is 8.17. The van der Waals surface area contributed by atoms with Gasteiger partial charge in [-0.25, -0.2) is 12.7 Å². The molecule has 3 rings (SSSR count). The van der Waals surface area contributed by atoms with Crippen LogP contribution in [-0.2, 0) is 21.2 Å². The molecule has 168 valence electrons. The van der Waals surface area contributed by atoms with Gasteiger partial charge in [-0.3, -0.25) is 4.79 Å². The van der Waals surface area contributed by atoms with Gasteiger partial charge in [0, 0.05) is 13.1 Å². The molecule has 2 atom stereocenters. The molecule has 31 heavy (non-hydrogen) atoms. The highest BCUT2D eigenvalue weighted by Crippen LogP contribution is 2.23. The maximum atomic E-state index is 12.9. The van der Waals surface area contributed by atoms with E-state index in [2.05, 4.69) is 31.3 Å². The SMILES string of the molecule is Cc1ccc([C@@H](C)NC(=O)[C@H]2CCCN(S(=O)(=O)CCCc3ccccc3)C2)cc1C. The molecular formula is C25H34N2O3S. The maximum Gasteiger partial charge on any atom is 0.224 e. The van der Waals surface area contributed by atoms with Crippen LogP contribution in [-0.4, -0.2) is 37.5 Å². The number of benzene rings is 2. The number of piperidine rings is 1. The van der Waals surface area contributed by atoms with E-state index in [1.54, 1.807) is 0 Å². The fourth-order valence-electron chi connectivity index (χ4n) is 4.09. The van der Waals surface area contributed by atoms with Crippen LogP contribution in [0.15, 0.2) is 48.5 Å². The highest BCUT2D eigenvalue weighted by molar-refractivity contribution is 7.89. The van der Waals surface area contributed by atoms with Crippen LogP contribution in [0.2, 0.25) is 0 Å². The molecule has 1 amide bonds. The third-order valence-electron chi connectivity index (χ3n) is 6.25. The zero-order valence-corrected chi connectivity index (χ0v) is 19.6. The molecular weight excluding hydrogens is 408 g/mol. The van der Waals surface area contributed by atoms with E-state index in [0.29, 0.717) is 19.4 Å². The fourth-order valence-corrected chi connectivity index (χ4v) is 5.67. The molecule has 1 heterocycles. The number of hydrogen-bond acceptors (Lipinski definition) is 3. The van der Waals surface area contributed by atoms with Crippen LogP contribution in [0.25, 0.3) is 0 Å². The summed E-state index contributed by atoms with van der Waals surface area (Å²) in [5, 5.41) is 3.09. The van der Waals surface area contributed by atoms with Crippen LogP contribution in [0.4, 0.5) is 0 Å². The second-order valence-electron chi connectivity index (χ2n) is 8.68. The molecule has 0 spiro atoms. The summed E-state index contributed by atoms with van der Waals surface area (Å²) < 4.78 is 27.2. The molecule has 2 aromatic carbocycles. The Morgan fingerprint density at radius 1 is 1.13 bits per heavy atom. The largest absolute Gasteiger partial charge is 0.349 e. The van der Waals surface area contributed by atoms with Crippen LogP contribution < -0.4 is 5.32 Å². The summed E-state index contributed by atoms with van der Waals surface area (Å²) in [4.78, 5) is 12.9. The van der Waals surface area contributed by atoms with Crippen molar-refractivity contribution in [3.05, 3.63) is 70.8 Å². The van der Waals surface area contributed by atoms with Gasteiger partial charge in [-0.15, -0.1) is 0 Å². The Balaban J connectivity index is 1.54. The summed E-state index contributed by atoms with van der Waals surface area (Å²) in [7, 11) is -3.36. The van der Waals surface area contributed by atoms with E-state index in [9.17, 15) is 13.2 Å². The fraction of sp³-hybridized carbons (Fsp3) is 0.480. The van der Waals surface area contributed by atoms with Gasteiger partial charge in [-0.2, -0.15) is 0 Å². The Labute approximate surface area is 186 Å². The number of rotatable bonds is 8. The minimum atomic E-state index is -3.36. The second-order valence-corrected chi connectivity index (χ2v) is 10.8. The summed E-state index contributed by atoms with van der Waals surface area (Å²) in [6, 6.07) is 16.0. The Hall–Kier alpha value is -2.18. The first-order valence-corrected chi connectivity index (χ1v) is 12.8. The van der Waals surface area contributed by atoms with Gasteiger partial charge in [0.05, 0.1) is 17.7 Å². The van der Waals surface area contributed by atoms with E-state index in [-0.39, 0.29) is 30.2 Å². The minimum absolute atomic E-state index is 0.0603. The van der Waals surface area contributed by atoms with Crippen molar-refractivity contribution in [3.63, 3.8) is 0 Å². The molecule has 2 aromatic rings. The highest BCUT2D eigenvalue weighted by atomic mass is 32.2. The first-order chi connectivity index (χ1) is 14.8. The topological polar surface area (TPSA) is 66.5 Å². The molecule has 5 nitrogen and oxygen atoms in total. The Kier molecular flexibility index (Phi) is 7.89. The molecule has 0 unspecified atom stereocenters. The molecule has 1 aliphatic rings. The molecule has 0 aliphatic carbocycles. The van der Waals surface area contributed by atoms with Crippen molar-refractivity contribution in [3.8, 4) is 0 Å². The molecule has 0 bridgehead atoms. The molecule has 1 fully saturated rings. The van der Waals surface area contributed by atoms with Gasteiger partial charge in [-0.1, -0.05) is 48.5 Å². The minimum Gasteiger partial charge on any atom is -0.349 e. The van der Waals surface area contributed by atoms with Gasteiger partial charge >= 0.3 is 0 Å². The summed E-state index contributed by atoms with van der Waals surface area (Å²) in [6.45, 7) is 6.89. The monoisotopic (exact) mass is 442 g/mol. The van der Waals surface area contributed by atoms with Crippen molar-refractivity contribution < 1.29 is 13.2 Å². The lowest BCUT2D eigenvalue weighted by molar-refractivity contribution is -0.126. The van der Waals surface area contributed by atoms with Gasteiger partial charge in [0.1, 0.15) is 0 Å². The number of carbonyl (C=O) groups is 1. The predicted octanol–water partition coefficient (Wildman–Crippen LogP) is 4.16. The van der Waals surface area contributed by atoms with Gasteiger partial charge < -0.3 is 5.32 Å². The van der Waals surface area contributed by atoms with Crippen molar-refractivity contribution in [2.75, 3.05) is 18.8 Å². The number of hydrogen-bond donors (Lipinski definition) is 1. The van der Waals surface area contributed by atoms with Crippen LogP contribution in [0.1, 0.15) is 54.5 Å². The van der Waals surface area contributed by atoms with Crippen LogP contribution in [0.5, 0.6) is 0 Å². The van der Waals surface area contributed by atoms with Crippen molar-refractivity contribution in [1.82, 2.24) is 9.62 Å². The highest BCUT2D eigenvalue weighted by Gasteiger charge is 2.32. The van der Waals surface area contributed by atoms with Gasteiger partial charge in [0.15, 0.2) is 0 Å². The van der Waals surface area contributed by atoms with E-state index in [4.69, 9.17) is 0 Å². The van der Waals surface area contributed by atoms with Crippen molar-refractivity contribution in [1.29, 1.82) is 0 Å². The number of carbonyl (C=O) groups excluding carboxylic acids is 1. The number of nitrogens with zero attached hydrogens (tertiary/aromatic N) is 1. The third kappa shape index (κ3) is 6.40. The Bertz CT molecular complexity index is 989. The van der Waals surface area contributed by atoms with Gasteiger partial charge in [-0.05, 0) is 68.7 Å². The first-order valence-electron chi connectivity index (χ1n) is 11.2. The van der Waals surface area contributed by atoms with Crippen molar-refractivity contribution in [2.45, 2.75) is 52.5 Å². The summed E-state index contributed by atoms with van der Waals surface area (Å²) in [5.74, 6) is -0.239. The summed E-state index contributed by atoms with van der Waals surface area (Å²) >= 11 is 0. The van der Waals surface area contributed by atoms with E-state index >= 15 is 0 Å². The molecule has 6 heteroatoms. The molecule has 1 N–H and O–H groups in total. The average Bonchev–Trinajstić information content (AvgIpc) is 2.76. The Morgan fingerprint density at radius 2 is 1.87 bits per heavy atom. The summed E-state index contributed by atoms with van der Waals surface area (Å²) in [5.41, 5.74) is 4.64. The van der Waals surface area contributed by atoms with E-state index in [1.807, 2.05) is 43.3 Å². The zero-order chi connectivity index (χ0) is 22.4. The lowest BCUT2D eigenvalue weighted by Crippen LogP contribution is -2.46. The number of nitrogens with one attached hydrogen (secondary N) is 1. The molecule has 0 radical (unpaired) electrons. The van der Waals surface area contributed by atoms with E-state index in [1.165, 1.54) is 15.4 Å². The number of sulfonamides is 1. The van der Waals surface area contributed by atoms with Crippen LogP contribution in [0, 0.1) is 19.8 Å². The first kappa shape index (κ1) is 23.5. The standard InChI is InChI=1S/C25H34N2O3S/c1-19-13-14-23(17-20(19)2)21(3)26-25(28)24-12-7-15-27(18-24)31(29,30)16-8-11-22-9-5-4-6-10-22/h4-6,9-10,13-14,17,21,24H,7-8,11-12,15-16,18H2,1-3H3,(H,26,28)/t21-,24+/m1/s1. The quantitative estimate of drug-likeness (QED) is 0.668. The zero-order valence-electron chi connectivity index (χ0n) is 18.8. The number of amides is 1. The maximum absolute atomic E-state index is 12.9. The Morgan fingerprint density at radius 3 is 2.58 bits per heavy atom. The van der Waals surface area contributed by atoms with Gasteiger partial charge in [0.2, 0.25) is 15.9 Å².